The summed E-state index contributed by atoms with van der Waals surface area (Å²) in [5.41, 5.74) is 1.34. The number of aliphatic carboxylic acids is 1. The highest BCUT2D eigenvalue weighted by Crippen LogP contribution is 2.22. The number of nitrogens with zero attached hydrogens (tertiary/aromatic N) is 2. The van der Waals surface area contributed by atoms with Crippen molar-refractivity contribution in [2.45, 2.75) is 25.9 Å². The summed E-state index contributed by atoms with van der Waals surface area (Å²) in [6.45, 7) is 5.41. The topological polar surface area (TPSA) is 43.8 Å². The second kappa shape index (κ2) is 6.86. The number of likely N-dealkylation sites (tertiary alicyclic amines) is 1. The molecule has 1 saturated heterocycles. The van der Waals surface area contributed by atoms with E-state index < -0.39 is 5.97 Å². The second-order valence-electron chi connectivity index (χ2n) is 5.86. The third kappa shape index (κ3) is 4.05. The zero-order valence-corrected chi connectivity index (χ0v) is 12.3. The predicted molar refractivity (Wildman–Crippen MR) is 79.6 cm³/mol. The van der Waals surface area contributed by atoms with Crippen molar-refractivity contribution in [3.05, 3.63) is 35.9 Å². The van der Waals surface area contributed by atoms with Crippen LogP contribution in [-0.4, -0.2) is 53.6 Å². The number of likely N-dealkylation sites (N-methyl/N-ethyl adjacent to an activating group) is 1. The van der Waals surface area contributed by atoms with Crippen LogP contribution in [0.4, 0.5) is 0 Å². The molecule has 1 fully saturated rings. The lowest BCUT2D eigenvalue weighted by molar-refractivity contribution is -0.139. The molecule has 1 aliphatic heterocycles. The number of piperidine rings is 1. The van der Waals surface area contributed by atoms with Crippen LogP contribution in [0.1, 0.15) is 18.9 Å². The monoisotopic (exact) mass is 276 g/mol. The molecule has 2 atom stereocenters. The Bertz CT molecular complexity index is 435. The van der Waals surface area contributed by atoms with Crippen molar-refractivity contribution in [2.75, 3.05) is 26.7 Å². The van der Waals surface area contributed by atoms with E-state index in [9.17, 15) is 4.79 Å². The molecule has 1 aromatic rings. The van der Waals surface area contributed by atoms with Crippen molar-refractivity contribution in [1.29, 1.82) is 0 Å². The third-order valence-electron chi connectivity index (χ3n) is 4.14. The summed E-state index contributed by atoms with van der Waals surface area (Å²) in [5, 5.41) is 8.90. The van der Waals surface area contributed by atoms with Crippen molar-refractivity contribution in [1.82, 2.24) is 9.80 Å². The molecule has 110 valence electrons. The van der Waals surface area contributed by atoms with Gasteiger partial charge in [-0.2, -0.15) is 0 Å². The van der Waals surface area contributed by atoms with Gasteiger partial charge in [0.2, 0.25) is 0 Å². The molecule has 0 aliphatic carbocycles. The first-order valence-electron chi connectivity index (χ1n) is 7.24. The lowest BCUT2D eigenvalue weighted by Crippen LogP contribution is -2.49. The Morgan fingerprint density at radius 1 is 1.40 bits per heavy atom. The van der Waals surface area contributed by atoms with Gasteiger partial charge in [-0.05, 0) is 31.5 Å². The third-order valence-corrected chi connectivity index (χ3v) is 4.14. The molecule has 0 spiro atoms. The van der Waals surface area contributed by atoms with Gasteiger partial charge < -0.3 is 5.11 Å². The van der Waals surface area contributed by atoms with Crippen LogP contribution in [0.2, 0.25) is 0 Å². The van der Waals surface area contributed by atoms with E-state index in [0.29, 0.717) is 12.0 Å². The Hall–Kier alpha value is -1.39. The largest absolute Gasteiger partial charge is 0.480 e. The summed E-state index contributed by atoms with van der Waals surface area (Å²) in [5.74, 6) is -0.247. The van der Waals surface area contributed by atoms with Crippen LogP contribution in [0.5, 0.6) is 0 Å². The maximum absolute atomic E-state index is 10.8. The molecule has 1 aliphatic rings. The van der Waals surface area contributed by atoms with Crippen molar-refractivity contribution in [2.24, 2.45) is 5.92 Å². The van der Waals surface area contributed by atoms with Crippen LogP contribution in [0.3, 0.4) is 0 Å². The normalized spacial score (nSPS) is 23.9. The number of carboxylic acid groups (broad SMARTS) is 1. The quantitative estimate of drug-likeness (QED) is 0.892. The molecular formula is C16H24N2O2. The maximum Gasteiger partial charge on any atom is 0.317 e. The van der Waals surface area contributed by atoms with Gasteiger partial charge in [0.05, 0.1) is 6.54 Å². The molecule has 0 aromatic heterocycles. The van der Waals surface area contributed by atoms with E-state index in [2.05, 4.69) is 36.1 Å². The lowest BCUT2D eigenvalue weighted by Gasteiger charge is -2.40. The van der Waals surface area contributed by atoms with Crippen molar-refractivity contribution < 1.29 is 9.90 Å². The minimum Gasteiger partial charge on any atom is -0.480 e. The molecule has 0 unspecified atom stereocenters. The van der Waals surface area contributed by atoms with Gasteiger partial charge in [0.25, 0.3) is 0 Å². The standard InChI is InChI=1S/C16H24N2O2/c1-13-10-18(11-14-6-4-3-5-7-14)9-8-15(13)17(2)12-16(19)20/h3-7,13,15H,8-12H2,1-2H3,(H,19,20)/t13-,15+/m1/s1. The molecule has 0 bridgehead atoms. The lowest BCUT2D eigenvalue weighted by atomic mass is 9.92. The molecule has 1 N–H and O–H groups in total. The molecule has 4 nitrogen and oxygen atoms in total. The van der Waals surface area contributed by atoms with Crippen molar-refractivity contribution >= 4 is 5.97 Å². The van der Waals surface area contributed by atoms with Gasteiger partial charge in [0.1, 0.15) is 0 Å². The van der Waals surface area contributed by atoms with Crippen LogP contribution in [0.25, 0.3) is 0 Å². The smallest absolute Gasteiger partial charge is 0.317 e. The first kappa shape index (κ1) is 15.0. The zero-order chi connectivity index (χ0) is 14.5. The predicted octanol–water partition coefficient (Wildman–Crippen LogP) is 1.91. The van der Waals surface area contributed by atoms with Gasteiger partial charge >= 0.3 is 5.97 Å². The van der Waals surface area contributed by atoms with Gasteiger partial charge in [-0.25, -0.2) is 0 Å². The first-order valence-corrected chi connectivity index (χ1v) is 7.24. The van der Waals surface area contributed by atoms with E-state index in [4.69, 9.17) is 5.11 Å². The number of hydrogen-bond donors (Lipinski definition) is 1. The van der Waals surface area contributed by atoms with Crippen LogP contribution >= 0.6 is 0 Å². The molecular weight excluding hydrogens is 252 g/mol. The molecule has 0 saturated carbocycles. The summed E-state index contributed by atoms with van der Waals surface area (Å²) in [6.07, 6.45) is 1.04. The second-order valence-corrected chi connectivity index (χ2v) is 5.86. The van der Waals surface area contributed by atoms with Crippen LogP contribution in [-0.2, 0) is 11.3 Å². The number of rotatable bonds is 5. The summed E-state index contributed by atoms with van der Waals surface area (Å²) in [6, 6.07) is 10.9. The van der Waals surface area contributed by atoms with Crippen LogP contribution < -0.4 is 0 Å². The Morgan fingerprint density at radius 2 is 2.10 bits per heavy atom. The summed E-state index contributed by atoms with van der Waals surface area (Å²) < 4.78 is 0. The Kier molecular flexibility index (Phi) is 5.15. The van der Waals surface area contributed by atoms with Gasteiger partial charge in [-0.15, -0.1) is 0 Å². The van der Waals surface area contributed by atoms with Crippen LogP contribution in [0, 0.1) is 5.92 Å². The van der Waals surface area contributed by atoms with E-state index in [1.54, 1.807) is 0 Å². The van der Waals surface area contributed by atoms with Gasteiger partial charge in [-0.1, -0.05) is 37.3 Å². The Balaban J connectivity index is 1.87. The number of carbonyl (C=O) groups is 1. The molecule has 1 heterocycles. The molecule has 0 radical (unpaired) electrons. The van der Waals surface area contributed by atoms with Gasteiger partial charge in [-0.3, -0.25) is 14.6 Å². The molecule has 20 heavy (non-hydrogen) atoms. The zero-order valence-electron chi connectivity index (χ0n) is 12.3. The highest BCUT2D eigenvalue weighted by Gasteiger charge is 2.29. The number of carboxylic acids is 1. The summed E-state index contributed by atoms with van der Waals surface area (Å²) in [4.78, 5) is 15.3. The highest BCUT2D eigenvalue weighted by molar-refractivity contribution is 5.69. The van der Waals surface area contributed by atoms with E-state index in [1.165, 1.54) is 5.56 Å². The Labute approximate surface area is 121 Å². The van der Waals surface area contributed by atoms with E-state index >= 15 is 0 Å². The number of benzene rings is 1. The van der Waals surface area contributed by atoms with Crippen molar-refractivity contribution in [3.63, 3.8) is 0 Å². The maximum atomic E-state index is 10.8. The number of hydrogen-bond acceptors (Lipinski definition) is 3. The average molecular weight is 276 g/mol. The first-order chi connectivity index (χ1) is 9.56. The van der Waals surface area contributed by atoms with Gasteiger partial charge in [0.15, 0.2) is 0 Å². The highest BCUT2D eigenvalue weighted by atomic mass is 16.4. The molecule has 2 rings (SSSR count). The fourth-order valence-electron chi connectivity index (χ4n) is 3.19. The summed E-state index contributed by atoms with van der Waals surface area (Å²) >= 11 is 0. The minimum absolute atomic E-state index is 0.133. The fraction of sp³-hybridized carbons (Fsp3) is 0.562. The van der Waals surface area contributed by atoms with Gasteiger partial charge in [0, 0.05) is 19.1 Å². The Morgan fingerprint density at radius 3 is 2.70 bits per heavy atom. The fourth-order valence-corrected chi connectivity index (χ4v) is 3.19. The van der Waals surface area contributed by atoms with Crippen LogP contribution in [0.15, 0.2) is 30.3 Å². The molecule has 1 aromatic carbocycles. The minimum atomic E-state index is -0.744. The average Bonchev–Trinajstić information content (AvgIpc) is 2.39. The molecule has 0 amide bonds. The summed E-state index contributed by atoms with van der Waals surface area (Å²) in [7, 11) is 1.92. The SMILES string of the molecule is C[C@@H]1CN(Cc2ccccc2)CC[C@@H]1N(C)CC(=O)O. The van der Waals surface area contributed by atoms with E-state index in [0.717, 1.165) is 26.1 Å². The van der Waals surface area contributed by atoms with Crippen molar-refractivity contribution in [3.8, 4) is 0 Å². The van der Waals surface area contributed by atoms with E-state index in [1.807, 2.05) is 18.0 Å². The van der Waals surface area contributed by atoms with E-state index in [-0.39, 0.29) is 6.54 Å². The molecule has 4 heteroatoms.